The van der Waals surface area contributed by atoms with Crippen molar-refractivity contribution in [2.45, 2.75) is 25.7 Å². The van der Waals surface area contributed by atoms with E-state index in [1.807, 2.05) is 43.3 Å². The molecule has 5 nitrogen and oxygen atoms in total. The van der Waals surface area contributed by atoms with E-state index in [2.05, 4.69) is 0 Å². The van der Waals surface area contributed by atoms with Crippen LogP contribution in [0.3, 0.4) is 0 Å². The van der Waals surface area contributed by atoms with Crippen molar-refractivity contribution in [1.82, 2.24) is 4.90 Å². The van der Waals surface area contributed by atoms with E-state index in [4.69, 9.17) is 9.84 Å². The lowest BCUT2D eigenvalue weighted by atomic mass is 10.1. The Morgan fingerprint density at radius 3 is 2.41 bits per heavy atom. The summed E-state index contributed by atoms with van der Waals surface area (Å²) >= 11 is 0. The van der Waals surface area contributed by atoms with E-state index < -0.39 is 5.97 Å². The summed E-state index contributed by atoms with van der Waals surface area (Å²) in [6, 6.07) is 7.37. The molecule has 120 valence electrons. The molecule has 0 spiro atoms. The SMILES string of the molecule is CN(C)/C=C(/C=O)c1ccc(OCCCCCC(=O)O)cc1. The fraction of sp³-hybridized carbons (Fsp3) is 0.412. The smallest absolute Gasteiger partial charge is 0.303 e. The fourth-order valence-electron chi connectivity index (χ4n) is 1.94. The highest BCUT2D eigenvalue weighted by Gasteiger charge is 2.02. The van der Waals surface area contributed by atoms with Gasteiger partial charge < -0.3 is 14.7 Å². The molecule has 0 unspecified atom stereocenters. The van der Waals surface area contributed by atoms with Crippen molar-refractivity contribution in [2.75, 3.05) is 20.7 Å². The standard InChI is InChI=1S/C17H23NO4/c1-18(2)12-15(13-19)14-7-9-16(10-8-14)22-11-5-3-4-6-17(20)21/h7-10,12-13H,3-6,11H2,1-2H3,(H,20,21)/b15-12-. The first kappa shape index (κ1) is 17.8. The zero-order chi connectivity index (χ0) is 16.4. The van der Waals surface area contributed by atoms with E-state index in [9.17, 15) is 9.59 Å². The lowest BCUT2D eigenvalue weighted by molar-refractivity contribution is -0.137. The van der Waals surface area contributed by atoms with Crippen LogP contribution in [-0.4, -0.2) is 43.0 Å². The molecule has 0 bridgehead atoms. The number of nitrogens with zero attached hydrogens (tertiary/aromatic N) is 1. The van der Waals surface area contributed by atoms with Crippen LogP contribution in [0.1, 0.15) is 31.2 Å². The van der Waals surface area contributed by atoms with E-state index in [0.717, 1.165) is 30.4 Å². The molecule has 0 radical (unpaired) electrons. The third-order valence-electron chi connectivity index (χ3n) is 3.02. The van der Waals surface area contributed by atoms with Crippen LogP contribution in [0, 0.1) is 0 Å². The number of rotatable bonds is 10. The number of carbonyl (C=O) groups excluding carboxylic acids is 1. The maximum Gasteiger partial charge on any atom is 0.303 e. The Bertz CT molecular complexity index is 506. The predicted molar refractivity (Wildman–Crippen MR) is 85.8 cm³/mol. The van der Waals surface area contributed by atoms with Crippen LogP contribution in [0.25, 0.3) is 5.57 Å². The highest BCUT2D eigenvalue weighted by Crippen LogP contribution is 2.18. The minimum atomic E-state index is -0.756. The fourth-order valence-corrected chi connectivity index (χ4v) is 1.94. The Morgan fingerprint density at radius 2 is 1.86 bits per heavy atom. The van der Waals surface area contributed by atoms with E-state index in [1.165, 1.54) is 0 Å². The molecule has 1 N–H and O–H groups in total. The molecule has 0 aliphatic carbocycles. The Labute approximate surface area is 131 Å². The molecule has 1 rings (SSSR count). The number of allylic oxidation sites excluding steroid dienone is 1. The van der Waals surface area contributed by atoms with Gasteiger partial charge in [-0.05, 0) is 37.0 Å². The molecule has 5 heteroatoms. The van der Waals surface area contributed by atoms with Crippen molar-refractivity contribution in [1.29, 1.82) is 0 Å². The number of aliphatic carboxylic acids is 1. The number of carbonyl (C=O) groups is 2. The van der Waals surface area contributed by atoms with Crippen LogP contribution in [0.15, 0.2) is 30.5 Å². The Hall–Kier alpha value is -2.30. The lowest BCUT2D eigenvalue weighted by Crippen LogP contribution is -2.03. The number of unbranched alkanes of at least 4 members (excludes halogenated alkanes) is 2. The van der Waals surface area contributed by atoms with Crippen molar-refractivity contribution in [2.24, 2.45) is 0 Å². The summed E-state index contributed by atoms with van der Waals surface area (Å²) in [5.74, 6) is -0.00893. The molecule has 1 aromatic rings. The molecule has 0 heterocycles. The molecule has 0 fully saturated rings. The summed E-state index contributed by atoms with van der Waals surface area (Å²) in [5.41, 5.74) is 1.46. The summed E-state index contributed by atoms with van der Waals surface area (Å²) in [4.78, 5) is 23.3. The molecule has 0 amide bonds. The number of hydrogen-bond acceptors (Lipinski definition) is 4. The van der Waals surface area contributed by atoms with Crippen LogP contribution >= 0.6 is 0 Å². The molecule has 0 atom stereocenters. The van der Waals surface area contributed by atoms with Crippen molar-refractivity contribution >= 4 is 17.8 Å². The second-order valence-electron chi connectivity index (χ2n) is 5.24. The molecule has 1 aromatic carbocycles. The average molecular weight is 305 g/mol. The highest BCUT2D eigenvalue weighted by molar-refractivity contribution is 6.06. The highest BCUT2D eigenvalue weighted by atomic mass is 16.5. The van der Waals surface area contributed by atoms with Crippen molar-refractivity contribution in [3.05, 3.63) is 36.0 Å². The zero-order valence-corrected chi connectivity index (χ0v) is 13.1. The van der Waals surface area contributed by atoms with Crippen LogP contribution in [0.4, 0.5) is 0 Å². The largest absolute Gasteiger partial charge is 0.494 e. The summed E-state index contributed by atoms with van der Waals surface area (Å²) in [5, 5.41) is 8.53. The zero-order valence-electron chi connectivity index (χ0n) is 13.1. The molecule has 0 saturated carbocycles. The van der Waals surface area contributed by atoms with Crippen molar-refractivity contribution in [3.63, 3.8) is 0 Å². The van der Waals surface area contributed by atoms with Gasteiger partial charge >= 0.3 is 5.97 Å². The minimum absolute atomic E-state index is 0.210. The number of ether oxygens (including phenoxy) is 1. The summed E-state index contributed by atoms with van der Waals surface area (Å²) in [7, 11) is 3.73. The van der Waals surface area contributed by atoms with E-state index in [1.54, 1.807) is 6.20 Å². The number of carboxylic acids is 1. The van der Waals surface area contributed by atoms with Gasteiger partial charge in [0.25, 0.3) is 0 Å². The monoisotopic (exact) mass is 305 g/mol. The number of carboxylic acid groups (broad SMARTS) is 1. The number of aldehydes is 1. The van der Waals surface area contributed by atoms with Gasteiger partial charge in [-0.1, -0.05) is 12.1 Å². The second-order valence-corrected chi connectivity index (χ2v) is 5.24. The topological polar surface area (TPSA) is 66.8 Å². The van der Waals surface area contributed by atoms with Gasteiger partial charge in [0.05, 0.1) is 6.61 Å². The number of hydrogen-bond donors (Lipinski definition) is 1. The Morgan fingerprint density at radius 1 is 1.18 bits per heavy atom. The van der Waals surface area contributed by atoms with E-state index in [0.29, 0.717) is 18.6 Å². The average Bonchev–Trinajstić information content (AvgIpc) is 2.48. The van der Waals surface area contributed by atoms with Crippen LogP contribution in [-0.2, 0) is 9.59 Å². The van der Waals surface area contributed by atoms with Gasteiger partial charge in [0.1, 0.15) is 5.75 Å². The minimum Gasteiger partial charge on any atom is -0.494 e. The van der Waals surface area contributed by atoms with Crippen molar-refractivity contribution < 1.29 is 19.4 Å². The van der Waals surface area contributed by atoms with Gasteiger partial charge in [-0.3, -0.25) is 9.59 Å². The van der Waals surface area contributed by atoms with Gasteiger partial charge in [-0.2, -0.15) is 0 Å². The third kappa shape index (κ3) is 6.92. The van der Waals surface area contributed by atoms with Gasteiger partial charge in [0, 0.05) is 32.3 Å². The third-order valence-corrected chi connectivity index (χ3v) is 3.02. The Balaban J connectivity index is 2.42. The van der Waals surface area contributed by atoms with Gasteiger partial charge in [-0.25, -0.2) is 0 Å². The van der Waals surface area contributed by atoms with Crippen molar-refractivity contribution in [3.8, 4) is 5.75 Å². The van der Waals surface area contributed by atoms with Crippen LogP contribution in [0.2, 0.25) is 0 Å². The predicted octanol–water partition coefficient (Wildman–Crippen LogP) is 2.81. The van der Waals surface area contributed by atoms with Crippen LogP contribution in [0.5, 0.6) is 5.75 Å². The molecule has 0 aliphatic heterocycles. The quantitative estimate of drug-likeness (QED) is 0.409. The second kappa shape index (κ2) is 9.60. The molecule has 22 heavy (non-hydrogen) atoms. The first-order valence-electron chi connectivity index (χ1n) is 7.31. The maximum absolute atomic E-state index is 11.1. The molecular formula is C17H23NO4. The number of benzene rings is 1. The first-order valence-corrected chi connectivity index (χ1v) is 7.31. The Kier molecular flexibility index (Phi) is 7.75. The lowest BCUT2D eigenvalue weighted by Gasteiger charge is -2.09. The maximum atomic E-state index is 11.1. The van der Waals surface area contributed by atoms with Crippen LogP contribution < -0.4 is 4.74 Å². The van der Waals surface area contributed by atoms with Gasteiger partial charge in [0.15, 0.2) is 6.29 Å². The molecule has 0 aliphatic rings. The molecule has 0 saturated heterocycles. The molecular weight excluding hydrogens is 282 g/mol. The summed E-state index contributed by atoms with van der Waals surface area (Å²) in [6.07, 6.45) is 5.15. The normalized spacial score (nSPS) is 11.1. The van der Waals surface area contributed by atoms with E-state index in [-0.39, 0.29) is 6.42 Å². The summed E-state index contributed by atoms with van der Waals surface area (Å²) in [6.45, 7) is 0.563. The van der Waals surface area contributed by atoms with Gasteiger partial charge in [0.2, 0.25) is 0 Å². The van der Waals surface area contributed by atoms with E-state index >= 15 is 0 Å². The van der Waals surface area contributed by atoms with Gasteiger partial charge in [-0.15, -0.1) is 0 Å². The molecule has 0 aromatic heterocycles. The first-order chi connectivity index (χ1) is 10.5. The summed E-state index contributed by atoms with van der Waals surface area (Å²) < 4.78 is 5.60.